The van der Waals surface area contributed by atoms with Gasteiger partial charge in [0.1, 0.15) is 17.6 Å². The van der Waals surface area contributed by atoms with Crippen LogP contribution in [-0.4, -0.2) is 22.8 Å². The molecule has 0 unspecified atom stereocenters. The zero-order chi connectivity index (χ0) is 22.7. The average molecular weight is 433 g/mol. The van der Waals surface area contributed by atoms with Gasteiger partial charge in [-0.1, -0.05) is 18.2 Å². The Labute approximate surface area is 185 Å². The summed E-state index contributed by atoms with van der Waals surface area (Å²) in [5, 5.41) is 14.5. The summed E-state index contributed by atoms with van der Waals surface area (Å²) < 4.78 is 0. The highest BCUT2D eigenvalue weighted by Crippen LogP contribution is 2.24. The Morgan fingerprint density at radius 3 is 2.55 bits per heavy atom. The molecule has 0 aromatic heterocycles. The van der Waals surface area contributed by atoms with Gasteiger partial charge in [0, 0.05) is 5.69 Å². The zero-order valence-corrected chi connectivity index (χ0v) is 18.0. The highest BCUT2D eigenvalue weighted by Gasteiger charge is 2.39. The van der Waals surface area contributed by atoms with Crippen LogP contribution in [0.4, 0.5) is 11.4 Å². The molecule has 0 bridgehead atoms. The van der Waals surface area contributed by atoms with Crippen molar-refractivity contribution >= 4 is 46.4 Å². The van der Waals surface area contributed by atoms with Gasteiger partial charge in [0.15, 0.2) is 5.11 Å². The normalized spacial score (nSPS) is 16.6. The largest absolute Gasteiger partial charge is 0.321 e. The second-order valence-corrected chi connectivity index (χ2v) is 7.62. The van der Waals surface area contributed by atoms with Crippen LogP contribution >= 0.6 is 12.2 Å². The molecular formula is C23H20N4O3S. The van der Waals surface area contributed by atoms with Crippen molar-refractivity contribution in [3.8, 4) is 6.07 Å². The number of amides is 3. The summed E-state index contributed by atoms with van der Waals surface area (Å²) in [6.07, 6.45) is 1.07. The highest BCUT2D eigenvalue weighted by atomic mass is 32.1. The lowest BCUT2D eigenvalue weighted by molar-refractivity contribution is -0.131. The third-order valence-corrected chi connectivity index (χ3v) is 5.21. The van der Waals surface area contributed by atoms with E-state index in [2.05, 4.69) is 10.6 Å². The summed E-state index contributed by atoms with van der Waals surface area (Å²) in [5.74, 6) is -3.40. The molecule has 0 spiro atoms. The number of hydrogen-bond acceptors (Lipinski definition) is 5. The fourth-order valence-corrected chi connectivity index (χ4v) is 3.39. The van der Waals surface area contributed by atoms with Crippen molar-refractivity contribution in [1.82, 2.24) is 5.32 Å². The van der Waals surface area contributed by atoms with Crippen molar-refractivity contribution in [2.24, 2.45) is 5.92 Å². The molecule has 1 atom stereocenters. The van der Waals surface area contributed by atoms with Gasteiger partial charge in [-0.3, -0.25) is 19.3 Å². The highest BCUT2D eigenvalue weighted by molar-refractivity contribution is 7.80. The predicted molar refractivity (Wildman–Crippen MR) is 121 cm³/mol. The van der Waals surface area contributed by atoms with E-state index in [1.807, 2.05) is 32.9 Å². The van der Waals surface area contributed by atoms with Gasteiger partial charge in [0.05, 0.1) is 5.69 Å². The molecule has 2 aromatic carbocycles. The first kappa shape index (κ1) is 21.9. The molecule has 156 valence electrons. The van der Waals surface area contributed by atoms with Gasteiger partial charge < -0.3 is 10.6 Å². The summed E-state index contributed by atoms with van der Waals surface area (Å²) in [6, 6.07) is 14.2. The molecule has 1 saturated heterocycles. The van der Waals surface area contributed by atoms with Crippen molar-refractivity contribution in [3.05, 3.63) is 70.8 Å². The molecule has 0 saturated carbocycles. The number of nitriles is 1. The van der Waals surface area contributed by atoms with Crippen LogP contribution in [0.1, 0.15) is 16.7 Å². The first-order valence-corrected chi connectivity index (χ1v) is 9.88. The maximum atomic E-state index is 13.1. The van der Waals surface area contributed by atoms with Crippen molar-refractivity contribution in [1.29, 1.82) is 5.26 Å². The number of hydrogen-bond donors (Lipinski definition) is 2. The number of anilines is 2. The molecule has 3 rings (SSSR count). The third-order valence-electron chi connectivity index (χ3n) is 4.93. The van der Waals surface area contributed by atoms with Crippen LogP contribution in [0.5, 0.6) is 0 Å². The molecule has 7 nitrogen and oxygen atoms in total. The van der Waals surface area contributed by atoms with E-state index >= 15 is 0 Å². The van der Waals surface area contributed by atoms with E-state index in [1.165, 1.54) is 4.90 Å². The number of benzene rings is 2. The van der Waals surface area contributed by atoms with E-state index < -0.39 is 23.6 Å². The van der Waals surface area contributed by atoms with Crippen molar-refractivity contribution in [2.45, 2.75) is 20.8 Å². The standard InChI is InChI=1S/C23H20N4O3S/c1-13-5-4-6-17(9-13)25-20(28)16(12-24)11-19-21(29)26-23(31)27(22(19)30)18-8-7-14(2)15(3)10-18/h4-11,19H,1-3H3,(H,25,28)(H,26,29,31)/b16-11+/t19-/m1/s1. The van der Waals surface area contributed by atoms with Crippen molar-refractivity contribution < 1.29 is 14.4 Å². The van der Waals surface area contributed by atoms with Crippen molar-refractivity contribution in [3.63, 3.8) is 0 Å². The summed E-state index contributed by atoms with van der Waals surface area (Å²) in [4.78, 5) is 39.3. The number of aryl methyl sites for hydroxylation is 3. The van der Waals surface area contributed by atoms with Gasteiger partial charge >= 0.3 is 0 Å². The number of rotatable bonds is 4. The first-order chi connectivity index (χ1) is 14.7. The quantitative estimate of drug-likeness (QED) is 0.335. The van der Waals surface area contributed by atoms with E-state index in [0.29, 0.717) is 11.4 Å². The van der Waals surface area contributed by atoms with Gasteiger partial charge in [-0.05, 0) is 80.0 Å². The summed E-state index contributed by atoms with van der Waals surface area (Å²) in [5.41, 5.74) is 3.58. The minimum absolute atomic E-state index is 0.0503. The smallest absolute Gasteiger partial charge is 0.266 e. The molecule has 1 aliphatic heterocycles. The molecule has 0 aliphatic carbocycles. The van der Waals surface area contributed by atoms with E-state index in [9.17, 15) is 19.6 Å². The Morgan fingerprint density at radius 1 is 1.16 bits per heavy atom. The Hall–Kier alpha value is -3.83. The molecule has 1 heterocycles. The Bertz CT molecular complexity index is 1180. The summed E-state index contributed by atoms with van der Waals surface area (Å²) in [6.45, 7) is 5.70. The minimum atomic E-state index is -1.37. The maximum Gasteiger partial charge on any atom is 0.266 e. The van der Waals surface area contributed by atoms with Crippen LogP contribution in [0.3, 0.4) is 0 Å². The fraction of sp³-hybridized carbons (Fsp3) is 0.174. The number of nitrogens with zero attached hydrogens (tertiary/aromatic N) is 2. The maximum absolute atomic E-state index is 13.1. The zero-order valence-electron chi connectivity index (χ0n) is 17.2. The lowest BCUT2D eigenvalue weighted by Crippen LogP contribution is -2.57. The second kappa shape index (κ2) is 8.90. The Kier molecular flexibility index (Phi) is 6.28. The molecule has 3 amide bonds. The lowest BCUT2D eigenvalue weighted by Gasteiger charge is -2.31. The van der Waals surface area contributed by atoms with Crippen molar-refractivity contribution in [2.75, 3.05) is 10.2 Å². The first-order valence-electron chi connectivity index (χ1n) is 9.47. The summed E-state index contributed by atoms with van der Waals surface area (Å²) >= 11 is 5.19. The Morgan fingerprint density at radius 2 is 1.90 bits per heavy atom. The monoisotopic (exact) mass is 432 g/mol. The van der Waals surface area contributed by atoms with Gasteiger partial charge in [-0.15, -0.1) is 0 Å². The van der Waals surface area contributed by atoms with Gasteiger partial charge in [-0.25, -0.2) is 0 Å². The molecule has 2 aromatic rings. The minimum Gasteiger partial charge on any atom is -0.321 e. The average Bonchev–Trinajstić information content (AvgIpc) is 2.70. The van der Waals surface area contributed by atoms with E-state index in [0.717, 1.165) is 22.8 Å². The Balaban J connectivity index is 1.90. The molecule has 8 heteroatoms. The van der Waals surface area contributed by atoms with Gasteiger partial charge in [0.25, 0.3) is 5.91 Å². The topological polar surface area (TPSA) is 102 Å². The lowest BCUT2D eigenvalue weighted by atomic mass is 10.00. The number of thiocarbonyl (C=S) groups is 1. The molecule has 1 fully saturated rings. The van der Waals surface area contributed by atoms with Crippen LogP contribution in [0.15, 0.2) is 54.1 Å². The van der Waals surface area contributed by atoms with Gasteiger partial charge in [-0.2, -0.15) is 5.26 Å². The van der Waals surface area contributed by atoms with E-state index in [4.69, 9.17) is 12.2 Å². The van der Waals surface area contributed by atoms with Crippen LogP contribution in [0.25, 0.3) is 0 Å². The molecule has 1 aliphatic rings. The SMILES string of the molecule is Cc1cccc(NC(=O)/C(C#N)=C/[C@@H]2C(=O)NC(=S)N(c3ccc(C)c(C)c3)C2=O)c1. The van der Waals surface area contributed by atoms with Crippen LogP contribution < -0.4 is 15.5 Å². The van der Waals surface area contributed by atoms with Crippen LogP contribution in [-0.2, 0) is 14.4 Å². The van der Waals surface area contributed by atoms with E-state index in [1.54, 1.807) is 36.4 Å². The number of carbonyl (C=O) groups excluding carboxylic acids is 3. The predicted octanol–water partition coefficient (Wildman–Crippen LogP) is 3.06. The van der Waals surface area contributed by atoms with E-state index in [-0.39, 0.29) is 10.7 Å². The molecular weight excluding hydrogens is 412 g/mol. The molecule has 0 radical (unpaired) electrons. The second-order valence-electron chi connectivity index (χ2n) is 7.23. The van der Waals surface area contributed by atoms with Crippen LogP contribution in [0, 0.1) is 38.0 Å². The van der Waals surface area contributed by atoms with Gasteiger partial charge in [0.2, 0.25) is 11.8 Å². The van der Waals surface area contributed by atoms with Crippen LogP contribution in [0.2, 0.25) is 0 Å². The summed E-state index contributed by atoms with van der Waals surface area (Å²) in [7, 11) is 0. The third kappa shape index (κ3) is 4.68. The molecule has 2 N–H and O–H groups in total. The number of nitrogens with one attached hydrogen (secondary N) is 2. The number of carbonyl (C=O) groups is 3. The molecule has 31 heavy (non-hydrogen) atoms. The fourth-order valence-electron chi connectivity index (χ4n) is 3.10.